The average Bonchev–Trinajstić information content (AvgIpc) is 2.38. The number of ether oxygens (including phenoxy) is 1. The molecule has 5 heteroatoms. The molecule has 1 aromatic rings. The van der Waals surface area contributed by atoms with Gasteiger partial charge in [0.05, 0.1) is 24.4 Å². The van der Waals surface area contributed by atoms with E-state index in [2.05, 4.69) is 10.1 Å². The van der Waals surface area contributed by atoms with E-state index in [-0.39, 0.29) is 17.9 Å². The van der Waals surface area contributed by atoms with Crippen molar-refractivity contribution in [2.24, 2.45) is 5.92 Å². The molecule has 0 fully saturated rings. The van der Waals surface area contributed by atoms with Crippen LogP contribution < -0.4 is 5.32 Å². The van der Waals surface area contributed by atoms with Crippen LogP contribution in [0.1, 0.15) is 23.7 Å². The SMILES string of the molecule is COC(=O)c1ccccc1NC(=O)C(C)CC#N. The van der Waals surface area contributed by atoms with Gasteiger partial charge in [-0.25, -0.2) is 4.79 Å². The monoisotopic (exact) mass is 246 g/mol. The van der Waals surface area contributed by atoms with Gasteiger partial charge in [-0.2, -0.15) is 5.26 Å². The van der Waals surface area contributed by atoms with Crippen LogP contribution in [0.15, 0.2) is 24.3 Å². The van der Waals surface area contributed by atoms with Crippen LogP contribution >= 0.6 is 0 Å². The summed E-state index contributed by atoms with van der Waals surface area (Å²) in [6, 6.07) is 8.50. The Balaban J connectivity index is 2.88. The van der Waals surface area contributed by atoms with Crippen LogP contribution in [0.25, 0.3) is 0 Å². The van der Waals surface area contributed by atoms with Crippen molar-refractivity contribution in [3.63, 3.8) is 0 Å². The molecule has 0 aromatic heterocycles. The molecule has 1 amide bonds. The maximum Gasteiger partial charge on any atom is 0.339 e. The summed E-state index contributed by atoms with van der Waals surface area (Å²) in [5.74, 6) is -1.24. The number of carbonyl (C=O) groups excluding carboxylic acids is 2. The number of anilines is 1. The molecule has 0 spiro atoms. The first-order valence-corrected chi connectivity index (χ1v) is 5.45. The van der Waals surface area contributed by atoms with E-state index in [9.17, 15) is 9.59 Å². The number of amides is 1. The zero-order chi connectivity index (χ0) is 13.5. The van der Waals surface area contributed by atoms with Crippen molar-refractivity contribution in [1.82, 2.24) is 0 Å². The number of carbonyl (C=O) groups is 2. The summed E-state index contributed by atoms with van der Waals surface area (Å²) in [5, 5.41) is 11.1. The second-order valence-electron chi connectivity index (χ2n) is 3.79. The van der Waals surface area contributed by atoms with Crippen molar-refractivity contribution >= 4 is 17.6 Å². The third-order valence-corrected chi connectivity index (χ3v) is 2.44. The Bertz CT molecular complexity index is 491. The molecule has 0 heterocycles. The number of nitrogens with one attached hydrogen (secondary N) is 1. The first-order chi connectivity index (χ1) is 8.60. The third kappa shape index (κ3) is 3.32. The number of nitrogens with zero attached hydrogens (tertiary/aromatic N) is 1. The molecule has 0 aliphatic carbocycles. The zero-order valence-electron chi connectivity index (χ0n) is 10.3. The zero-order valence-corrected chi connectivity index (χ0v) is 10.3. The molecule has 1 atom stereocenters. The molecule has 0 aliphatic rings. The van der Waals surface area contributed by atoms with Gasteiger partial charge in [0.25, 0.3) is 0 Å². The lowest BCUT2D eigenvalue weighted by Gasteiger charge is -2.11. The topological polar surface area (TPSA) is 79.2 Å². The van der Waals surface area contributed by atoms with E-state index in [0.717, 1.165) is 0 Å². The Hall–Kier alpha value is -2.35. The summed E-state index contributed by atoms with van der Waals surface area (Å²) in [6.45, 7) is 1.65. The quantitative estimate of drug-likeness (QED) is 0.823. The van der Waals surface area contributed by atoms with Crippen LogP contribution in [0.4, 0.5) is 5.69 Å². The number of para-hydroxylation sites is 1. The number of rotatable bonds is 4. The Morgan fingerprint density at radius 2 is 2.11 bits per heavy atom. The van der Waals surface area contributed by atoms with E-state index >= 15 is 0 Å². The summed E-state index contributed by atoms with van der Waals surface area (Å²) in [6.07, 6.45) is 0.131. The molecule has 5 nitrogen and oxygen atoms in total. The molecule has 1 aromatic carbocycles. The maximum atomic E-state index is 11.8. The maximum absolute atomic E-state index is 11.8. The highest BCUT2D eigenvalue weighted by Crippen LogP contribution is 2.17. The Morgan fingerprint density at radius 1 is 1.44 bits per heavy atom. The van der Waals surface area contributed by atoms with E-state index in [0.29, 0.717) is 5.69 Å². The van der Waals surface area contributed by atoms with Crippen molar-refractivity contribution < 1.29 is 14.3 Å². The molecule has 94 valence electrons. The number of nitriles is 1. The van der Waals surface area contributed by atoms with Gasteiger partial charge in [-0.3, -0.25) is 4.79 Å². The van der Waals surface area contributed by atoms with Gasteiger partial charge in [0.2, 0.25) is 5.91 Å². The van der Waals surface area contributed by atoms with Crippen LogP contribution in [0.5, 0.6) is 0 Å². The minimum atomic E-state index is -0.515. The van der Waals surface area contributed by atoms with Crippen LogP contribution in [-0.4, -0.2) is 19.0 Å². The summed E-state index contributed by atoms with van der Waals surface area (Å²) in [4.78, 5) is 23.2. The lowest BCUT2D eigenvalue weighted by Crippen LogP contribution is -2.21. The molecule has 0 radical (unpaired) electrons. The van der Waals surface area contributed by atoms with Crippen molar-refractivity contribution in [3.8, 4) is 6.07 Å². The Kier molecular flexibility index (Phi) is 4.88. The Morgan fingerprint density at radius 3 is 2.72 bits per heavy atom. The first-order valence-electron chi connectivity index (χ1n) is 5.45. The molecule has 1 rings (SSSR count). The Labute approximate surface area is 105 Å². The van der Waals surface area contributed by atoms with Crippen LogP contribution in [0.2, 0.25) is 0 Å². The largest absolute Gasteiger partial charge is 0.465 e. The smallest absolute Gasteiger partial charge is 0.339 e. The van der Waals surface area contributed by atoms with E-state index in [1.165, 1.54) is 7.11 Å². The molecule has 0 bridgehead atoms. The fraction of sp³-hybridized carbons (Fsp3) is 0.308. The van der Waals surface area contributed by atoms with Gasteiger partial charge in [0, 0.05) is 12.3 Å². The van der Waals surface area contributed by atoms with Crippen LogP contribution in [0, 0.1) is 17.2 Å². The highest BCUT2D eigenvalue weighted by Gasteiger charge is 2.16. The van der Waals surface area contributed by atoms with Crippen LogP contribution in [-0.2, 0) is 9.53 Å². The lowest BCUT2D eigenvalue weighted by atomic mass is 10.1. The fourth-order valence-electron chi connectivity index (χ4n) is 1.37. The minimum absolute atomic E-state index is 0.131. The van der Waals surface area contributed by atoms with Crippen LogP contribution in [0.3, 0.4) is 0 Å². The van der Waals surface area contributed by atoms with Gasteiger partial charge in [-0.15, -0.1) is 0 Å². The minimum Gasteiger partial charge on any atom is -0.465 e. The van der Waals surface area contributed by atoms with Gasteiger partial charge >= 0.3 is 5.97 Å². The van der Waals surface area contributed by atoms with E-state index in [4.69, 9.17) is 5.26 Å². The number of benzene rings is 1. The van der Waals surface area contributed by atoms with Gasteiger partial charge in [0.1, 0.15) is 0 Å². The molecule has 0 saturated carbocycles. The molecule has 1 N–H and O–H groups in total. The predicted octanol–water partition coefficient (Wildman–Crippen LogP) is 1.96. The number of methoxy groups -OCH3 is 1. The van der Waals surface area contributed by atoms with E-state index < -0.39 is 11.9 Å². The summed E-state index contributed by atoms with van der Waals surface area (Å²) >= 11 is 0. The van der Waals surface area contributed by atoms with Gasteiger partial charge in [0.15, 0.2) is 0 Å². The highest BCUT2D eigenvalue weighted by atomic mass is 16.5. The standard InChI is InChI=1S/C13H14N2O3/c1-9(7-8-14)12(16)15-11-6-4-3-5-10(11)13(17)18-2/h3-6,9H,7H2,1-2H3,(H,15,16). The number of hydrogen-bond donors (Lipinski definition) is 1. The number of hydrogen-bond acceptors (Lipinski definition) is 4. The molecule has 0 saturated heterocycles. The van der Waals surface area contributed by atoms with Crippen molar-refractivity contribution in [2.75, 3.05) is 12.4 Å². The molecule has 18 heavy (non-hydrogen) atoms. The van der Waals surface area contributed by atoms with Gasteiger partial charge in [-0.05, 0) is 12.1 Å². The van der Waals surface area contributed by atoms with Gasteiger partial charge < -0.3 is 10.1 Å². The summed E-state index contributed by atoms with van der Waals surface area (Å²) < 4.78 is 4.62. The lowest BCUT2D eigenvalue weighted by molar-refractivity contribution is -0.119. The molecular formula is C13H14N2O3. The summed E-state index contributed by atoms with van der Waals surface area (Å²) in [7, 11) is 1.28. The van der Waals surface area contributed by atoms with Crippen molar-refractivity contribution in [1.29, 1.82) is 5.26 Å². The summed E-state index contributed by atoms with van der Waals surface area (Å²) in [5.41, 5.74) is 0.677. The molecule has 0 aliphatic heterocycles. The third-order valence-electron chi connectivity index (χ3n) is 2.44. The van der Waals surface area contributed by atoms with Crippen molar-refractivity contribution in [3.05, 3.63) is 29.8 Å². The fourth-order valence-corrected chi connectivity index (χ4v) is 1.37. The first kappa shape index (κ1) is 13.7. The van der Waals surface area contributed by atoms with Gasteiger partial charge in [-0.1, -0.05) is 19.1 Å². The second-order valence-corrected chi connectivity index (χ2v) is 3.79. The molecule has 1 unspecified atom stereocenters. The highest BCUT2D eigenvalue weighted by molar-refractivity contribution is 6.01. The van der Waals surface area contributed by atoms with E-state index in [1.807, 2.05) is 6.07 Å². The normalized spacial score (nSPS) is 11.2. The predicted molar refractivity (Wildman–Crippen MR) is 65.8 cm³/mol. The average molecular weight is 246 g/mol. The molecular weight excluding hydrogens is 232 g/mol. The number of esters is 1. The second kappa shape index (κ2) is 6.40. The van der Waals surface area contributed by atoms with E-state index in [1.54, 1.807) is 31.2 Å². The van der Waals surface area contributed by atoms with Crippen molar-refractivity contribution in [2.45, 2.75) is 13.3 Å².